The van der Waals surface area contributed by atoms with E-state index < -0.39 is 32.0 Å². The third-order valence-corrected chi connectivity index (χ3v) is 1.14. The first-order valence-corrected chi connectivity index (χ1v) is 3.63. The third-order valence-electron chi connectivity index (χ3n) is 1.14. The minimum absolute atomic E-state index is 0.496. The lowest BCUT2D eigenvalue weighted by Gasteiger charge is -2.16. The van der Waals surface area contributed by atoms with Crippen molar-refractivity contribution in [1.29, 1.82) is 10.5 Å². The third kappa shape index (κ3) is 6.16. The molecule has 0 aromatic rings. The van der Waals surface area contributed by atoms with Crippen LogP contribution in [0.5, 0.6) is 0 Å². The molecule has 0 aliphatic rings. The summed E-state index contributed by atoms with van der Waals surface area (Å²) in [5, 5.41) is 16.4. The fraction of sp³-hybridized carbons (Fsp3) is 0.571. The van der Waals surface area contributed by atoms with E-state index in [0.29, 0.717) is 4.90 Å². The van der Waals surface area contributed by atoms with E-state index in [0.717, 1.165) is 0 Å². The fourth-order valence-corrected chi connectivity index (χ4v) is 0.591. The smallest absolute Gasteiger partial charge is 0.422 e. The Morgan fingerprint density at radius 3 is 2.07 bits per heavy atom. The molecule has 5 nitrogen and oxygen atoms in total. The van der Waals surface area contributed by atoms with E-state index in [9.17, 15) is 18.0 Å². The minimum Gasteiger partial charge on any atom is -0.440 e. The highest BCUT2D eigenvalue weighted by molar-refractivity contribution is 5.68. The maximum absolute atomic E-state index is 11.6. The first-order valence-electron chi connectivity index (χ1n) is 3.63. The van der Waals surface area contributed by atoms with E-state index in [2.05, 4.69) is 4.74 Å². The summed E-state index contributed by atoms with van der Waals surface area (Å²) in [4.78, 5) is 11.4. The van der Waals surface area contributed by atoms with Crippen molar-refractivity contribution < 1.29 is 22.7 Å². The summed E-state index contributed by atoms with van der Waals surface area (Å²) in [7, 11) is 0. The number of halogens is 3. The van der Waals surface area contributed by atoms with Crippen molar-refractivity contribution in [2.24, 2.45) is 0 Å². The molecule has 0 heterocycles. The zero-order chi connectivity index (χ0) is 11.9. The largest absolute Gasteiger partial charge is 0.440 e. The van der Waals surface area contributed by atoms with Gasteiger partial charge in [0.05, 0.1) is 12.1 Å². The molecule has 0 unspecified atom stereocenters. The zero-order valence-corrected chi connectivity index (χ0v) is 7.41. The van der Waals surface area contributed by atoms with Crippen LogP contribution in [0.3, 0.4) is 0 Å². The van der Waals surface area contributed by atoms with Crippen molar-refractivity contribution in [3.8, 4) is 12.1 Å². The van der Waals surface area contributed by atoms with E-state index in [1.54, 1.807) is 0 Å². The van der Waals surface area contributed by atoms with Gasteiger partial charge in [0.1, 0.15) is 13.1 Å². The standard InChI is InChI=1S/C7H6F3N3O2/c8-7(9,10)5-15-6(14)13(3-1-11)4-2-12/h3-5H2. The van der Waals surface area contributed by atoms with Crippen molar-refractivity contribution in [2.45, 2.75) is 6.18 Å². The normalized spacial score (nSPS) is 9.93. The molecular formula is C7H6F3N3O2. The molecule has 0 aromatic heterocycles. The summed E-state index contributed by atoms with van der Waals surface area (Å²) in [6.45, 7) is -2.73. The van der Waals surface area contributed by atoms with E-state index in [1.807, 2.05) is 0 Å². The highest BCUT2D eigenvalue weighted by atomic mass is 19.4. The van der Waals surface area contributed by atoms with Crippen molar-refractivity contribution in [3.05, 3.63) is 0 Å². The summed E-state index contributed by atoms with van der Waals surface area (Å²) in [6, 6.07) is 3.05. The van der Waals surface area contributed by atoms with Gasteiger partial charge in [0.25, 0.3) is 0 Å². The van der Waals surface area contributed by atoms with Crippen LogP contribution in [0.25, 0.3) is 0 Å². The lowest BCUT2D eigenvalue weighted by molar-refractivity contribution is -0.162. The molecule has 0 saturated heterocycles. The minimum atomic E-state index is -4.62. The van der Waals surface area contributed by atoms with E-state index >= 15 is 0 Å². The molecular weight excluding hydrogens is 215 g/mol. The summed E-state index contributed by atoms with van der Waals surface area (Å²) < 4.78 is 38.7. The topological polar surface area (TPSA) is 77.1 Å². The second kappa shape index (κ2) is 5.70. The van der Waals surface area contributed by atoms with Gasteiger partial charge >= 0.3 is 12.3 Å². The van der Waals surface area contributed by atoms with Crippen LogP contribution in [0, 0.1) is 22.7 Å². The van der Waals surface area contributed by atoms with Crippen LogP contribution in [0.2, 0.25) is 0 Å². The Morgan fingerprint density at radius 2 is 1.73 bits per heavy atom. The first-order chi connectivity index (χ1) is 6.90. The molecule has 0 aromatic carbocycles. The fourth-order valence-electron chi connectivity index (χ4n) is 0.591. The Morgan fingerprint density at radius 1 is 1.27 bits per heavy atom. The van der Waals surface area contributed by atoms with Gasteiger partial charge in [0.2, 0.25) is 0 Å². The van der Waals surface area contributed by atoms with Crippen LogP contribution in [0.4, 0.5) is 18.0 Å². The molecule has 0 aliphatic carbocycles. The molecule has 8 heteroatoms. The molecule has 0 rings (SSSR count). The van der Waals surface area contributed by atoms with E-state index in [-0.39, 0.29) is 0 Å². The Labute approximate surface area is 83.2 Å². The first kappa shape index (κ1) is 13.0. The highest BCUT2D eigenvalue weighted by Crippen LogP contribution is 2.14. The van der Waals surface area contributed by atoms with Crippen LogP contribution in [-0.2, 0) is 4.74 Å². The Balaban J connectivity index is 4.17. The maximum atomic E-state index is 11.6. The van der Waals surface area contributed by atoms with Crippen LogP contribution >= 0.6 is 0 Å². The number of rotatable bonds is 3. The van der Waals surface area contributed by atoms with Crippen molar-refractivity contribution in [1.82, 2.24) is 4.90 Å². The molecule has 15 heavy (non-hydrogen) atoms. The zero-order valence-electron chi connectivity index (χ0n) is 7.41. The molecule has 0 saturated carbocycles. The maximum Gasteiger partial charge on any atom is 0.422 e. The summed E-state index contributed by atoms with van der Waals surface area (Å²) in [5.74, 6) is 0. The number of carbonyl (C=O) groups excluding carboxylic acids is 1. The molecule has 0 atom stereocenters. The highest BCUT2D eigenvalue weighted by Gasteiger charge is 2.30. The average Bonchev–Trinajstić information content (AvgIpc) is 2.13. The average molecular weight is 221 g/mol. The number of nitrogens with zero attached hydrogens (tertiary/aromatic N) is 3. The molecule has 0 aliphatic heterocycles. The van der Waals surface area contributed by atoms with Gasteiger partial charge in [-0.15, -0.1) is 0 Å². The van der Waals surface area contributed by atoms with E-state index in [1.165, 1.54) is 12.1 Å². The number of carbonyl (C=O) groups is 1. The predicted molar refractivity (Wildman–Crippen MR) is 40.2 cm³/mol. The van der Waals surface area contributed by atoms with Gasteiger partial charge in [-0.3, -0.25) is 4.90 Å². The van der Waals surface area contributed by atoms with Crippen LogP contribution in [0.1, 0.15) is 0 Å². The predicted octanol–water partition coefficient (Wildman–Crippen LogP) is 1.03. The van der Waals surface area contributed by atoms with Gasteiger partial charge < -0.3 is 4.74 Å². The second-order valence-electron chi connectivity index (χ2n) is 2.34. The SMILES string of the molecule is N#CCN(CC#N)C(=O)OCC(F)(F)F. The van der Waals surface area contributed by atoms with Crippen LogP contribution in [0.15, 0.2) is 0 Å². The number of amides is 1. The Kier molecular flexibility index (Phi) is 4.96. The lowest BCUT2D eigenvalue weighted by atomic mass is 10.5. The van der Waals surface area contributed by atoms with E-state index in [4.69, 9.17) is 10.5 Å². The second-order valence-corrected chi connectivity index (χ2v) is 2.34. The van der Waals surface area contributed by atoms with Crippen LogP contribution in [-0.4, -0.2) is 36.9 Å². The van der Waals surface area contributed by atoms with Crippen molar-refractivity contribution >= 4 is 6.09 Å². The lowest BCUT2D eigenvalue weighted by Crippen LogP contribution is -2.34. The molecule has 0 radical (unpaired) electrons. The van der Waals surface area contributed by atoms with Crippen molar-refractivity contribution in [2.75, 3.05) is 19.7 Å². The molecule has 0 bridgehead atoms. The number of alkyl halides is 3. The quantitative estimate of drug-likeness (QED) is 0.667. The van der Waals surface area contributed by atoms with Crippen molar-refractivity contribution in [3.63, 3.8) is 0 Å². The molecule has 82 valence electrons. The van der Waals surface area contributed by atoms with Crippen LogP contribution < -0.4 is 0 Å². The number of nitriles is 2. The van der Waals surface area contributed by atoms with Gasteiger partial charge in [-0.1, -0.05) is 0 Å². The summed E-state index contributed by atoms with van der Waals surface area (Å²) in [6.07, 6.45) is -5.96. The summed E-state index contributed by atoms with van der Waals surface area (Å²) >= 11 is 0. The number of hydrogen-bond acceptors (Lipinski definition) is 4. The summed E-state index contributed by atoms with van der Waals surface area (Å²) in [5.41, 5.74) is 0. The van der Waals surface area contributed by atoms with Gasteiger partial charge in [-0.25, -0.2) is 4.79 Å². The van der Waals surface area contributed by atoms with Gasteiger partial charge in [-0.2, -0.15) is 23.7 Å². The molecule has 0 fully saturated rings. The van der Waals surface area contributed by atoms with Gasteiger partial charge in [-0.05, 0) is 0 Å². The Bertz CT molecular complexity index is 286. The Hall–Kier alpha value is -1.96. The number of ether oxygens (including phenoxy) is 1. The number of hydrogen-bond donors (Lipinski definition) is 0. The monoisotopic (exact) mass is 221 g/mol. The van der Waals surface area contributed by atoms with Gasteiger partial charge in [0.15, 0.2) is 6.61 Å². The molecule has 0 N–H and O–H groups in total. The van der Waals surface area contributed by atoms with Gasteiger partial charge in [0, 0.05) is 0 Å². The molecule has 1 amide bonds. The molecule has 0 spiro atoms.